The van der Waals surface area contributed by atoms with Crippen molar-refractivity contribution in [2.45, 2.75) is 50.7 Å². The Balaban J connectivity index is 1.20. The van der Waals surface area contributed by atoms with Gasteiger partial charge in [-0.2, -0.15) is 0 Å². The number of carbonyl (C=O) groups is 1. The van der Waals surface area contributed by atoms with E-state index in [0.717, 1.165) is 89.3 Å². The van der Waals surface area contributed by atoms with Gasteiger partial charge in [0.1, 0.15) is 5.82 Å². The van der Waals surface area contributed by atoms with Crippen LogP contribution in [0, 0.1) is 5.92 Å². The van der Waals surface area contributed by atoms with Gasteiger partial charge < -0.3 is 25.8 Å². The third-order valence-corrected chi connectivity index (χ3v) is 8.39. The standard InChI is InChI=1S/C29H41N5O3/c1-20-18-34(11-10-33-12-14-37-15-13-33)19-27(20)22-4-2-21(3-5-22)23-16-26(28(30)31-17-23)29(36)32-24-6-8-25(35)9-7-24/h2-5,16-17,20,24-25,27,35H,6-15,18-19H2,1H3,(H2,30,31)(H,32,36)/t20-,24?,25?,27-/m1/s1. The number of rotatable bonds is 7. The minimum Gasteiger partial charge on any atom is -0.393 e. The van der Waals surface area contributed by atoms with Crippen molar-refractivity contribution in [3.63, 3.8) is 0 Å². The zero-order chi connectivity index (χ0) is 25.8. The number of carbonyl (C=O) groups excluding carboxylic acids is 1. The van der Waals surface area contributed by atoms with E-state index in [-0.39, 0.29) is 23.9 Å². The molecule has 2 aromatic rings. The zero-order valence-corrected chi connectivity index (χ0v) is 21.9. The van der Waals surface area contributed by atoms with Crippen molar-refractivity contribution in [3.05, 3.63) is 47.7 Å². The van der Waals surface area contributed by atoms with E-state index in [9.17, 15) is 9.90 Å². The van der Waals surface area contributed by atoms with E-state index < -0.39 is 0 Å². The topological polar surface area (TPSA) is 104 Å². The molecule has 4 N–H and O–H groups in total. The van der Waals surface area contributed by atoms with Gasteiger partial charge in [-0.05, 0) is 48.8 Å². The lowest BCUT2D eigenvalue weighted by Crippen LogP contribution is -2.41. The van der Waals surface area contributed by atoms with Crippen molar-refractivity contribution in [3.8, 4) is 11.1 Å². The molecule has 3 aliphatic rings. The number of benzene rings is 1. The molecule has 1 aromatic carbocycles. The number of aliphatic hydroxyl groups excluding tert-OH is 1. The number of pyridine rings is 1. The molecule has 1 amide bonds. The van der Waals surface area contributed by atoms with Gasteiger partial charge in [0, 0.05) is 63.0 Å². The average molecular weight is 508 g/mol. The normalized spacial score (nSPS) is 27.3. The Bertz CT molecular complexity index is 1050. The van der Waals surface area contributed by atoms with Crippen LogP contribution in [0.25, 0.3) is 11.1 Å². The van der Waals surface area contributed by atoms with Gasteiger partial charge >= 0.3 is 0 Å². The van der Waals surface area contributed by atoms with Gasteiger partial charge in [-0.3, -0.25) is 9.69 Å². The smallest absolute Gasteiger partial charge is 0.255 e. The van der Waals surface area contributed by atoms with Gasteiger partial charge in [0.05, 0.1) is 24.9 Å². The van der Waals surface area contributed by atoms with Crippen molar-refractivity contribution in [2.24, 2.45) is 5.92 Å². The maximum atomic E-state index is 12.9. The first-order valence-corrected chi connectivity index (χ1v) is 13.8. The molecule has 1 aliphatic carbocycles. The summed E-state index contributed by atoms with van der Waals surface area (Å²) in [6.07, 6.45) is 4.49. The fraction of sp³-hybridized carbons (Fsp3) is 0.586. The molecule has 2 atom stereocenters. The van der Waals surface area contributed by atoms with Crippen molar-refractivity contribution >= 4 is 11.7 Å². The number of likely N-dealkylation sites (tertiary alicyclic amines) is 1. The van der Waals surface area contributed by atoms with Crippen LogP contribution in [0.5, 0.6) is 0 Å². The number of hydrogen-bond acceptors (Lipinski definition) is 7. The first kappa shape index (κ1) is 26.1. The second kappa shape index (κ2) is 11.9. The van der Waals surface area contributed by atoms with Crippen LogP contribution in [0.4, 0.5) is 5.82 Å². The number of hydrogen-bond donors (Lipinski definition) is 3. The summed E-state index contributed by atoms with van der Waals surface area (Å²) in [5.74, 6) is 1.19. The molecule has 3 heterocycles. The molecule has 8 nitrogen and oxygen atoms in total. The molecule has 2 saturated heterocycles. The van der Waals surface area contributed by atoms with E-state index >= 15 is 0 Å². The second-order valence-electron chi connectivity index (χ2n) is 11.1. The summed E-state index contributed by atoms with van der Waals surface area (Å²) in [5, 5.41) is 12.8. The quantitative estimate of drug-likeness (QED) is 0.529. The fourth-order valence-corrected chi connectivity index (χ4v) is 6.01. The lowest BCUT2D eigenvalue weighted by atomic mass is 9.89. The number of ether oxygens (including phenoxy) is 1. The number of nitrogens with zero attached hydrogens (tertiary/aromatic N) is 3. The van der Waals surface area contributed by atoms with E-state index in [4.69, 9.17) is 10.5 Å². The average Bonchev–Trinajstić information content (AvgIpc) is 3.30. The third-order valence-electron chi connectivity index (χ3n) is 8.39. The van der Waals surface area contributed by atoms with Crippen LogP contribution < -0.4 is 11.1 Å². The summed E-state index contributed by atoms with van der Waals surface area (Å²) in [4.78, 5) is 22.4. The van der Waals surface area contributed by atoms with Gasteiger partial charge in [0.2, 0.25) is 0 Å². The predicted molar refractivity (Wildman–Crippen MR) is 145 cm³/mol. The van der Waals surface area contributed by atoms with Gasteiger partial charge in [0.25, 0.3) is 5.91 Å². The molecule has 200 valence electrons. The van der Waals surface area contributed by atoms with Gasteiger partial charge in [-0.15, -0.1) is 0 Å². The second-order valence-corrected chi connectivity index (χ2v) is 11.1. The van der Waals surface area contributed by atoms with Crippen molar-refractivity contribution in [2.75, 3.05) is 58.2 Å². The highest BCUT2D eigenvalue weighted by molar-refractivity contribution is 5.99. The maximum absolute atomic E-state index is 12.9. The number of anilines is 1. The van der Waals surface area contributed by atoms with Crippen LogP contribution in [0.2, 0.25) is 0 Å². The Kier molecular flexibility index (Phi) is 8.39. The Labute approximate surface area is 220 Å². The highest BCUT2D eigenvalue weighted by Crippen LogP contribution is 2.33. The molecular weight excluding hydrogens is 466 g/mol. The lowest BCUT2D eigenvalue weighted by Gasteiger charge is -2.28. The van der Waals surface area contributed by atoms with Crippen LogP contribution in [-0.4, -0.2) is 90.4 Å². The Morgan fingerprint density at radius 3 is 2.49 bits per heavy atom. The summed E-state index contributed by atoms with van der Waals surface area (Å²) in [5.41, 5.74) is 9.77. The molecule has 0 bridgehead atoms. The van der Waals surface area contributed by atoms with Crippen LogP contribution in [0.15, 0.2) is 36.5 Å². The largest absolute Gasteiger partial charge is 0.393 e. The molecule has 2 aliphatic heterocycles. The van der Waals surface area contributed by atoms with E-state index in [1.165, 1.54) is 5.56 Å². The summed E-state index contributed by atoms with van der Waals surface area (Å²) < 4.78 is 5.47. The number of aliphatic hydroxyl groups is 1. The Hall–Kier alpha value is -2.52. The number of amides is 1. The Morgan fingerprint density at radius 2 is 1.76 bits per heavy atom. The number of aromatic nitrogens is 1. The lowest BCUT2D eigenvalue weighted by molar-refractivity contribution is 0.0342. The van der Waals surface area contributed by atoms with Gasteiger partial charge in [-0.25, -0.2) is 4.98 Å². The zero-order valence-electron chi connectivity index (χ0n) is 21.9. The molecule has 3 fully saturated rings. The molecule has 5 rings (SSSR count). The SMILES string of the molecule is C[C@@H]1CN(CCN2CCOCC2)C[C@H]1c1ccc(-c2cnc(N)c(C(=O)NC3CCC(O)CC3)c2)cc1. The van der Waals surface area contributed by atoms with Crippen LogP contribution >= 0.6 is 0 Å². The third kappa shape index (κ3) is 6.49. The Morgan fingerprint density at radius 1 is 1.05 bits per heavy atom. The maximum Gasteiger partial charge on any atom is 0.255 e. The minimum absolute atomic E-state index is 0.0695. The van der Waals surface area contributed by atoms with E-state index in [1.807, 2.05) is 6.07 Å². The van der Waals surface area contributed by atoms with E-state index in [1.54, 1.807) is 6.20 Å². The number of nitrogens with one attached hydrogen (secondary N) is 1. The molecule has 1 aromatic heterocycles. The highest BCUT2D eigenvalue weighted by atomic mass is 16.5. The summed E-state index contributed by atoms with van der Waals surface area (Å²) in [7, 11) is 0. The number of nitrogens with two attached hydrogens (primary N) is 1. The van der Waals surface area contributed by atoms with Gasteiger partial charge in [-0.1, -0.05) is 31.2 Å². The highest BCUT2D eigenvalue weighted by Gasteiger charge is 2.31. The summed E-state index contributed by atoms with van der Waals surface area (Å²) in [6.45, 7) is 10.6. The molecule has 0 spiro atoms. The molecule has 1 saturated carbocycles. The number of morpholine rings is 1. The molecule has 8 heteroatoms. The predicted octanol–water partition coefficient (Wildman–Crippen LogP) is 2.73. The molecule has 37 heavy (non-hydrogen) atoms. The summed E-state index contributed by atoms with van der Waals surface area (Å²) in [6, 6.07) is 10.6. The fourth-order valence-electron chi connectivity index (χ4n) is 6.01. The van der Waals surface area contributed by atoms with Crippen molar-refractivity contribution < 1.29 is 14.6 Å². The monoisotopic (exact) mass is 507 g/mol. The van der Waals surface area contributed by atoms with E-state index in [2.05, 4.69) is 51.3 Å². The van der Waals surface area contributed by atoms with Crippen LogP contribution in [0.3, 0.4) is 0 Å². The molecule has 0 radical (unpaired) electrons. The van der Waals surface area contributed by atoms with Gasteiger partial charge in [0.15, 0.2) is 0 Å². The number of nitrogen functional groups attached to an aromatic ring is 1. The first-order chi connectivity index (χ1) is 18.0. The van der Waals surface area contributed by atoms with E-state index in [0.29, 0.717) is 17.4 Å². The summed E-state index contributed by atoms with van der Waals surface area (Å²) >= 11 is 0. The van der Waals surface area contributed by atoms with Crippen LogP contribution in [-0.2, 0) is 4.74 Å². The molecular formula is C29H41N5O3. The first-order valence-electron chi connectivity index (χ1n) is 13.8. The van der Waals surface area contributed by atoms with Crippen molar-refractivity contribution in [1.82, 2.24) is 20.1 Å². The molecule has 0 unspecified atom stereocenters. The van der Waals surface area contributed by atoms with Crippen LogP contribution in [0.1, 0.15) is 54.4 Å². The minimum atomic E-state index is -0.253. The van der Waals surface area contributed by atoms with Crippen molar-refractivity contribution in [1.29, 1.82) is 0 Å².